The molecule has 0 aliphatic heterocycles. The van der Waals surface area contributed by atoms with Crippen LogP contribution in [0.25, 0.3) is 22.3 Å². The zero-order valence-corrected chi connectivity index (χ0v) is 45.4. The molecule has 0 saturated carbocycles. The molecule has 0 unspecified atom stereocenters. The predicted molar refractivity (Wildman–Crippen MR) is 312 cm³/mol. The summed E-state index contributed by atoms with van der Waals surface area (Å²) in [5.74, 6) is 1.97. The standard InChI is InChI=1S/C33H31N5.C27H24N2.C3Cl3N3/c1-20-18-24(14-16-30(20)34-5)33(28-12-8-6-10-26(28)27-11-7-9-13-29(27)33)25-15-17-31(21(2)19-25)38-32-36-22(3)35-23(4)37-32;1-17-15-19(11-13-25(17)28)27(20-12-14-26(29)18(2)16-20)23-9-5-3-7-21(23)22-8-4-6-10-24(22)27;4-1-7-2(5)9-3(6)8-1/h6-19,34H,1-5H3,(H,35,36,37,38);3-16H,28-29H2,1-2H3;. The lowest BCUT2D eigenvalue weighted by molar-refractivity contribution is 0.766. The first kappa shape index (κ1) is 51.3. The Morgan fingerprint density at radius 3 is 1.01 bits per heavy atom. The summed E-state index contributed by atoms with van der Waals surface area (Å²) in [7, 11) is 1.97. The van der Waals surface area contributed by atoms with Crippen LogP contribution in [0.3, 0.4) is 0 Å². The van der Waals surface area contributed by atoms with E-state index in [1.165, 1.54) is 72.3 Å². The van der Waals surface area contributed by atoms with Gasteiger partial charge in [-0.15, -0.1) is 0 Å². The van der Waals surface area contributed by atoms with Gasteiger partial charge in [-0.05, 0) is 190 Å². The van der Waals surface area contributed by atoms with Crippen molar-refractivity contribution in [3.8, 4) is 22.3 Å². The molecule has 0 saturated heterocycles. The molecule has 76 heavy (non-hydrogen) atoms. The van der Waals surface area contributed by atoms with Gasteiger partial charge in [0.05, 0.1) is 10.8 Å². The number of nitrogens with two attached hydrogens (primary N) is 2. The van der Waals surface area contributed by atoms with Crippen molar-refractivity contribution in [1.29, 1.82) is 0 Å². The number of nitrogens with zero attached hydrogens (tertiary/aromatic N) is 6. The summed E-state index contributed by atoms with van der Waals surface area (Å²) in [6.45, 7) is 12.2. The average Bonchev–Trinajstić information content (AvgIpc) is 3.97. The largest absolute Gasteiger partial charge is 0.399 e. The summed E-state index contributed by atoms with van der Waals surface area (Å²) in [6.07, 6.45) is 0. The van der Waals surface area contributed by atoms with E-state index in [1.54, 1.807) is 0 Å². The van der Waals surface area contributed by atoms with Crippen LogP contribution in [0.15, 0.2) is 170 Å². The number of rotatable bonds is 7. The van der Waals surface area contributed by atoms with Gasteiger partial charge >= 0.3 is 0 Å². The molecule has 0 amide bonds. The first-order valence-corrected chi connectivity index (χ1v) is 26.0. The Hall–Kier alpha value is -8.15. The minimum atomic E-state index is -0.437. The molecular weight excluding hydrogens is 1000 g/mol. The third-order valence-electron chi connectivity index (χ3n) is 14.6. The van der Waals surface area contributed by atoms with Gasteiger partial charge in [0.15, 0.2) is 0 Å². The lowest BCUT2D eigenvalue weighted by atomic mass is 9.67. The smallest absolute Gasteiger partial charge is 0.230 e. The number of aryl methyl sites for hydroxylation is 6. The molecule has 6 N–H and O–H groups in total. The molecule has 8 aromatic carbocycles. The number of aromatic nitrogens is 6. The fraction of sp³-hybridized carbons (Fsp3) is 0.143. The number of fused-ring (bicyclic) bond motifs is 6. The van der Waals surface area contributed by atoms with Gasteiger partial charge in [0, 0.05) is 29.8 Å². The number of anilines is 5. The molecule has 2 aliphatic rings. The van der Waals surface area contributed by atoms with Crippen LogP contribution >= 0.6 is 34.8 Å². The average molecular weight is 1060 g/mol. The molecule has 0 radical (unpaired) electrons. The molecule has 0 bridgehead atoms. The molecule has 0 spiro atoms. The highest BCUT2D eigenvalue weighted by molar-refractivity contribution is 6.33. The van der Waals surface area contributed by atoms with Crippen molar-refractivity contribution in [1.82, 2.24) is 29.9 Å². The fourth-order valence-electron chi connectivity index (χ4n) is 11.2. The van der Waals surface area contributed by atoms with Gasteiger partial charge < -0.3 is 22.1 Å². The molecule has 13 heteroatoms. The molecule has 2 aromatic heterocycles. The van der Waals surface area contributed by atoms with E-state index in [4.69, 9.17) is 46.3 Å². The minimum absolute atomic E-state index is 0.000000000000000444. The summed E-state index contributed by atoms with van der Waals surface area (Å²) in [5.41, 5.74) is 35.1. The lowest BCUT2D eigenvalue weighted by Crippen LogP contribution is -2.29. The van der Waals surface area contributed by atoms with Gasteiger partial charge in [0.2, 0.25) is 21.8 Å². The van der Waals surface area contributed by atoms with E-state index in [0.717, 1.165) is 39.4 Å². The van der Waals surface area contributed by atoms with E-state index in [-0.39, 0.29) is 15.9 Å². The second kappa shape index (κ2) is 20.9. The van der Waals surface area contributed by atoms with E-state index in [0.29, 0.717) is 17.6 Å². The van der Waals surface area contributed by atoms with E-state index in [9.17, 15) is 0 Å². The monoisotopic (exact) mass is 1060 g/mol. The van der Waals surface area contributed by atoms with Crippen LogP contribution in [0.4, 0.5) is 28.7 Å². The van der Waals surface area contributed by atoms with Crippen molar-refractivity contribution in [2.75, 3.05) is 29.1 Å². The number of nitrogens with one attached hydrogen (secondary N) is 2. The predicted octanol–water partition coefficient (Wildman–Crippen LogP) is 14.9. The van der Waals surface area contributed by atoms with Crippen LogP contribution in [0.5, 0.6) is 0 Å². The zero-order valence-electron chi connectivity index (χ0n) is 43.1. The molecule has 2 heterocycles. The highest BCUT2D eigenvalue weighted by Crippen LogP contribution is 2.58. The molecule has 2 aliphatic carbocycles. The number of hydrogen-bond donors (Lipinski definition) is 4. The Morgan fingerprint density at radius 1 is 0.368 bits per heavy atom. The third kappa shape index (κ3) is 9.16. The van der Waals surface area contributed by atoms with Crippen LogP contribution in [0.1, 0.15) is 78.4 Å². The summed E-state index contributed by atoms with van der Waals surface area (Å²) in [4.78, 5) is 23.6. The van der Waals surface area contributed by atoms with Crippen LogP contribution in [0.2, 0.25) is 15.9 Å². The highest BCUT2D eigenvalue weighted by atomic mass is 35.5. The third-order valence-corrected chi connectivity index (χ3v) is 15.1. The number of nitrogen functional groups attached to an aromatic ring is 2. The van der Waals surface area contributed by atoms with E-state index in [1.807, 2.05) is 33.0 Å². The Labute approximate surface area is 458 Å². The maximum Gasteiger partial charge on any atom is 0.230 e. The molecule has 12 rings (SSSR count). The quantitative estimate of drug-likeness (QED) is 0.113. The van der Waals surface area contributed by atoms with E-state index >= 15 is 0 Å². The number of benzene rings is 8. The second-order valence-corrected chi connectivity index (χ2v) is 20.2. The molecule has 0 atom stereocenters. The van der Waals surface area contributed by atoms with Crippen LogP contribution in [-0.4, -0.2) is 37.0 Å². The second-order valence-electron chi connectivity index (χ2n) is 19.2. The van der Waals surface area contributed by atoms with Crippen molar-refractivity contribution in [3.05, 3.63) is 264 Å². The van der Waals surface area contributed by atoms with Crippen LogP contribution in [0, 0.1) is 41.5 Å². The molecular formula is C63H55Cl3N10. The van der Waals surface area contributed by atoms with Gasteiger partial charge in [0.25, 0.3) is 0 Å². The van der Waals surface area contributed by atoms with Gasteiger partial charge in [-0.25, -0.2) is 4.98 Å². The van der Waals surface area contributed by atoms with Crippen molar-refractivity contribution >= 4 is 63.5 Å². The van der Waals surface area contributed by atoms with E-state index < -0.39 is 10.8 Å². The Kier molecular flexibility index (Phi) is 14.1. The first-order chi connectivity index (χ1) is 36.6. The normalized spacial score (nSPS) is 12.9. The molecule has 0 fully saturated rings. The number of hydrogen-bond acceptors (Lipinski definition) is 10. The van der Waals surface area contributed by atoms with E-state index in [2.05, 4.69) is 226 Å². The van der Waals surface area contributed by atoms with Crippen molar-refractivity contribution < 1.29 is 0 Å². The highest BCUT2D eigenvalue weighted by Gasteiger charge is 2.47. The van der Waals surface area contributed by atoms with Crippen molar-refractivity contribution in [3.63, 3.8) is 0 Å². The maximum atomic E-state index is 6.19. The topological polar surface area (TPSA) is 153 Å². The summed E-state index contributed by atoms with van der Waals surface area (Å²) < 4.78 is 0. The zero-order chi connectivity index (χ0) is 53.5. The Bertz CT molecular complexity index is 3640. The summed E-state index contributed by atoms with van der Waals surface area (Å²) in [6, 6.07) is 61.5. The van der Waals surface area contributed by atoms with Gasteiger partial charge in [-0.1, -0.05) is 146 Å². The SMILES string of the molecule is CNc1ccc(C2(c3ccc(Nc4nc(C)nc(C)n4)c(C)c3)c3ccccc3-c3ccccc32)cc1C.Cc1cc(C2(c3ccc(N)c(C)c3)c3ccccc3-c3ccccc32)ccc1N.Clc1nc(Cl)nc(Cl)n1. The van der Waals surface area contributed by atoms with Gasteiger partial charge in [-0.2, -0.15) is 24.9 Å². The lowest BCUT2D eigenvalue weighted by Gasteiger charge is -2.35. The number of halogens is 3. The summed E-state index contributed by atoms with van der Waals surface area (Å²) in [5, 5.41) is 6.74. The van der Waals surface area contributed by atoms with Crippen molar-refractivity contribution in [2.24, 2.45) is 0 Å². The maximum absolute atomic E-state index is 6.19. The summed E-state index contributed by atoms with van der Waals surface area (Å²) >= 11 is 16.0. The first-order valence-electron chi connectivity index (χ1n) is 24.8. The van der Waals surface area contributed by atoms with Gasteiger partial charge in [-0.3, -0.25) is 0 Å². The van der Waals surface area contributed by atoms with Crippen LogP contribution < -0.4 is 22.1 Å². The molecule has 10 aromatic rings. The molecule has 378 valence electrons. The van der Waals surface area contributed by atoms with Gasteiger partial charge in [0.1, 0.15) is 11.6 Å². The molecule has 10 nitrogen and oxygen atoms in total. The Morgan fingerprint density at radius 2 is 0.684 bits per heavy atom. The van der Waals surface area contributed by atoms with Crippen molar-refractivity contribution in [2.45, 2.75) is 52.4 Å². The minimum Gasteiger partial charge on any atom is -0.399 e. The Balaban J connectivity index is 0.000000152. The van der Waals surface area contributed by atoms with Crippen LogP contribution in [-0.2, 0) is 10.8 Å². The fourth-order valence-corrected chi connectivity index (χ4v) is 11.8.